The van der Waals surface area contributed by atoms with E-state index in [4.69, 9.17) is 0 Å². The van der Waals surface area contributed by atoms with Crippen molar-refractivity contribution in [1.29, 1.82) is 0 Å². The van der Waals surface area contributed by atoms with E-state index in [-0.39, 0.29) is 11.4 Å². The highest BCUT2D eigenvalue weighted by Gasteiger charge is 2.27. The lowest BCUT2D eigenvalue weighted by Gasteiger charge is -2.34. The van der Waals surface area contributed by atoms with Crippen LogP contribution in [-0.2, 0) is 0 Å². The van der Waals surface area contributed by atoms with Gasteiger partial charge in [-0.2, -0.15) is 0 Å². The fraction of sp³-hybridized carbons (Fsp3) is 0.643. The van der Waals surface area contributed by atoms with Crippen molar-refractivity contribution in [2.45, 2.75) is 46.1 Å². The zero-order chi connectivity index (χ0) is 14.5. The van der Waals surface area contributed by atoms with Gasteiger partial charge < -0.3 is 10.2 Å². The summed E-state index contributed by atoms with van der Waals surface area (Å²) in [6.07, 6.45) is 1.91. The maximum atomic E-state index is 12.3. The molecule has 1 aromatic heterocycles. The van der Waals surface area contributed by atoms with Crippen molar-refractivity contribution in [1.82, 2.24) is 15.1 Å². The number of aromatic nitrogens is 2. The van der Waals surface area contributed by atoms with Gasteiger partial charge in [-0.25, -0.2) is 0 Å². The van der Waals surface area contributed by atoms with Crippen molar-refractivity contribution < 1.29 is 4.79 Å². The van der Waals surface area contributed by atoms with Crippen LogP contribution in [0.25, 0.3) is 0 Å². The highest BCUT2D eigenvalue weighted by atomic mass is 16.2. The maximum Gasteiger partial charge on any atom is 0.274 e. The third-order valence-corrected chi connectivity index (χ3v) is 3.52. The van der Waals surface area contributed by atoms with E-state index in [1.54, 1.807) is 24.1 Å². The number of rotatable bonds is 6. The Bertz CT molecular complexity index is 414. The monoisotopic (exact) mass is 264 g/mol. The van der Waals surface area contributed by atoms with Crippen molar-refractivity contribution in [2.75, 3.05) is 18.9 Å². The minimum absolute atomic E-state index is 0.0959. The molecule has 0 aromatic carbocycles. The molecule has 0 saturated carbocycles. The molecule has 0 atom stereocenters. The lowest BCUT2D eigenvalue weighted by atomic mass is 9.99. The van der Waals surface area contributed by atoms with Crippen LogP contribution in [0.4, 0.5) is 5.82 Å². The topological polar surface area (TPSA) is 58.1 Å². The molecule has 0 spiro atoms. The molecule has 19 heavy (non-hydrogen) atoms. The zero-order valence-electron chi connectivity index (χ0n) is 12.5. The van der Waals surface area contributed by atoms with Gasteiger partial charge in [0.1, 0.15) is 5.82 Å². The van der Waals surface area contributed by atoms with E-state index in [2.05, 4.69) is 29.4 Å². The van der Waals surface area contributed by atoms with Crippen molar-refractivity contribution in [3.8, 4) is 0 Å². The second-order valence-electron chi connectivity index (χ2n) is 5.26. The van der Waals surface area contributed by atoms with Crippen LogP contribution in [0.3, 0.4) is 0 Å². The normalized spacial score (nSPS) is 11.2. The fourth-order valence-corrected chi connectivity index (χ4v) is 1.48. The summed E-state index contributed by atoms with van der Waals surface area (Å²) in [5.41, 5.74) is 0.198. The van der Waals surface area contributed by atoms with E-state index in [1.165, 1.54) is 0 Å². The summed E-state index contributed by atoms with van der Waals surface area (Å²) in [5, 5.41) is 11.1. The average molecular weight is 264 g/mol. The fourth-order valence-electron chi connectivity index (χ4n) is 1.48. The van der Waals surface area contributed by atoms with Crippen LogP contribution >= 0.6 is 0 Å². The van der Waals surface area contributed by atoms with Gasteiger partial charge >= 0.3 is 0 Å². The summed E-state index contributed by atoms with van der Waals surface area (Å²) < 4.78 is 0. The number of hydrogen-bond donors (Lipinski definition) is 1. The molecule has 0 saturated heterocycles. The predicted molar refractivity (Wildman–Crippen MR) is 77.3 cm³/mol. The van der Waals surface area contributed by atoms with Crippen molar-refractivity contribution in [3.63, 3.8) is 0 Å². The lowest BCUT2D eigenvalue weighted by Crippen LogP contribution is -2.44. The number of carbonyl (C=O) groups is 1. The highest BCUT2D eigenvalue weighted by Crippen LogP contribution is 2.18. The van der Waals surface area contributed by atoms with Crippen LogP contribution < -0.4 is 5.32 Å². The average Bonchev–Trinajstić information content (AvgIpc) is 2.44. The molecule has 0 fully saturated rings. The summed E-state index contributed by atoms with van der Waals surface area (Å²) in [7, 11) is 1.80. The summed E-state index contributed by atoms with van der Waals surface area (Å²) in [6.45, 7) is 9.07. The summed E-state index contributed by atoms with van der Waals surface area (Å²) in [5.74, 6) is 0.609. The SMILES string of the molecule is CCCNc1ccc(C(=O)N(C)C(C)(C)CC)nn1. The standard InChI is InChI=1S/C14H24N4O/c1-6-10-15-12-9-8-11(16-17-12)13(19)18(5)14(3,4)7-2/h8-9H,6-7,10H2,1-5H3,(H,15,17). The minimum atomic E-state index is -0.183. The lowest BCUT2D eigenvalue weighted by molar-refractivity contribution is 0.0613. The van der Waals surface area contributed by atoms with Crippen molar-refractivity contribution in [3.05, 3.63) is 17.8 Å². The van der Waals surface area contributed by atoms with Gasteiger partial charge in [-0.15, -0.1) is 10.2 Å². The third-order valence-electron chi connectivity index (χ3n) is 3.52. The van der Waals surface area contributed by atoms with Gasteiger partial charge in [0.15, 0.2) is 5.69 Å². The van der Waals surface area contributed by atoms with Gasteiger partial charge in [0.2, 0.25) is 0 Å². The molecule has 5 heteroatoms. The molecule has 0 aliphatic rings. The number of nitrogens with one attached hydrogen (secondary N) is 1. The van der Waals surface area contributed by atoms with E-state index < -0.39 is 0 Å². The highest BCUT2D eigenvalue weighted by molar-refractivity contribution is 5.92. The summed E-state index contributed by atoms with van der Waals surface area (Å²) >= 11 is 0. The molecule has 1 aromatic rings. The van der Waals surface area contributed by atoms with Gasteiger partial charge in [-0.1, -0.05) is 13.8 Å². The quantitative estimate of drug-likeness (QED) is 0.858. The first kappa shape index (κ1) is 15.4. The predicted octanol–water partition coefficient (Wildman–Crippen LogP) is 2.56. The van der Waals surface area contributed by atoms with E-state index in [0.717, 1.165) is 19.4 Å². The number of nitrogens with zero attached hydrogens (tertiary/aromatic N) is 3. The van der Waals surface area contributed by atoms with E-state index in [0.29, 0.717) is 11.5 Å². The van der Waals surface area contributed by atoms with Gasteiger partial charge in [0.05, 0.1) is 0 Å². The summed E-state index contributed by atoms with van der Waals surface area (Å²) in [6, 6.07) is 3.51. The molecule has 5 nitrogen and oxygen atoms in total. The first-order valence-corrected chi connectivity index (χ1v) is 6.78. The molecular weight excluding hydrogens is 240 g/mol. The van der Waals surface area contributed by atoms with Gasteiger partial charge in [0.25, 0.3) is 5.91 Å². The smallest absolute Gasteiger partial charge is 0.274 e. The minimum Gasteiger partial charge on any atom is -0.369 e. The Morgan fingerprint density at radius 2 is 2.00 bits per heavy atom. The number of anilines is 1. The maximum absolute atomic E-state index is 12.3. The first-order valence-electron chi connectivity index (χ1n) is 6.78. The molecule has 1 amide bonds. The van der Waals surface area contributed by atoms with E-state index >= 15 is 0 Å². The summed E-state index contributed by atoms with van der Waals surface area (Å²) in [4.78, 5) is 14.0. The third kappa shape index (κ3) is 3.91. The molecule has 1 N–H and O–H groups in total. The van der Waals surface area contributed by atoms with Gasteiger partial charge in [-0.3, -0.25) is 4.79 Å². The van der Waals surface area contributed by atoms with Crippen LogP contribution in [0.15, 0.2) is 12.1 Å². The molecule has 0 bridgehead atoms. The van der Waals surface area contributed by atoms with Crippen molar-refractivity contribution in [2.24, 2.45) is 0 Å². The second kappa shape index (κ2) is 6.50. The number of carbonyl (C=O) groups excluding carboxylic acids is 1. The number of amides is 1. The van der Waals surface area contributed by atoms with Crippen LogP contribution in [0.2, 0.25) is 0 Å². The van der Waals surface area contributed by atoms with Crippen LogP contribution in [-0.4, -0.2) is 40.1 Å². The van der Waals surface area contributed by atoms with Crippen molar-refractivity contribution >= 4 is 11.7 Å². The zero-order valence-corrected chi connectivity index (χ0v) is 12.5. The Morgan fingerprint density at radius 3 is 2.47 bits per heavy atom. The van der Waals surface area contributed by atoms with Crippen LogP contribution in [0.1, 0.15) is 51.0 Å². The molecule has 0 aliphatic heterocycles. The molecular formula is C14H24N4O. The van der Waals surface area contributed by atoms with Gasteiger partial charge in [0, 0.05) is 19.1 Å². The molecule has 1 rings (SSSR count). The van der Waals surface area contributed by atoms with Crippen LogP contribution in [0.5, 0.6) is 0 Å². The number of hydrogen-bond acceptors (Lipinski definition) is 4. The van der Waals surface area contributed by atoms with E-state index in [1.807, 2.05) is 13.8 Å². The molecule has 0 radical (unpaired) electrons. The first-order chi connectivity index (χ1) is 8.92. The Labute approximate surface area is 115 Å². The second-order valence-corrected chi connectivity index (χ2v) is 5.26. The Morgan fingerprint density at radius 1 is 1.32 bits per heavy atom. The molecule has 1 heterocycles. The molecule has 0 unspecified atom stereocenters. The molecule has 0 aliphatic carbocycles. The van der Waals surface area contributed by atoms with E-state index in [9.17, 15) is 4.79 Å². The Hall–Kier alpha value is -1.65. The Kier molecular flexibility index (Phi) is 5.27. The largest absolute Gasteiger partial charge is 0.369 e. The van der Waals surface area contributed by atoms with Crippen LogP contribution in [0, 0.1) is 0 Å². The molecule has 106 valence electrons. The Balaban J connectivity index is 2.78. The van der Waals surface area contributed by atoms with Gasteiger partial charge in [-0.05, 0) is 38.8 Å².